The van der Waals surface area contributed by atoms with E-state index in [9.17, 15) is 0 Å². The van der Waals surface area contributed by atoms with Crippen LogP contribution in [0.2, 0.25) is 0 Å². The van der Waals surface area contributed by atoms with Crippen LogP contribution in [-0.2, 0) is 6.42 Å². The fourth-order valence-corrected chi connectivity index (χ4v) is 1.54. The van der Waals surface area contributed by atoms with Crippen LogP contribution in [0.4, 0.5) is 0 Å². The summed E-state index contributed by atoms with van der Waals surface area (Å²) in [6, 6.07) is 0. The van der Waals surface area contributed by atoms with Crippen LogP contribution in [0, 0.1) is 0 Å². The summed E-state index contributed by atoms with van der Waals surface area (Å²) in [5.74, 6) is 1.55. The van der Waals surface area contributed by atoms with Crippen LogP contribution in [0.15, 0.2) is 12.4 Å². The zero-order chi connectivity index (χ0) is 9.68. The van der Waals surface area contributed by atoms with Crippen LogP contribution in [0.1, 0.15) is 5.56 Å². The fourth-order valence-electron chi connectivity index (χ4n) is 1.14. The Morgan fingerprint density at radius 1 is 1.23 bits per heavy atom. The summed E-state index contributed by atoms with van der Waals surface area (Å²) in [7, 11) is 3.27. The Kier molecular flexibility index (Phi) is 4.02. The third-order valence-corrected chi connectivity index (χ3v) is 2.16. The minimum Gasteiger partial charge on any atom is -0.495 e. The zero-order valence-electron chi connectivity index (χ0n) is 7.71. The van der Waals surface area contributed by atoms with Gasteiger partial charge in [-0.15, -0.1) is 0 Å². The second-order valence-corrected chi connectivity index (χ2v) is 3.25. The minimum absolute atomic E-state index is 0.777. The van der Waals surface area contributed by atoms with Gasteiger partial charge in [0.25, 0.3) is 0 Å². The standard InChI is InChI=1S/C9H12BrNO2/c1-12-8-5-11-6-9(13-2)7(8)3-4-10/h5-6H,3-4H2,1-2H3. The lowest BCUT2D eigenvalue weighted by molar-refractivity contribution is 0.383. The van der Waals surface area contributed by atoms with Crippen molar-refractivity contribution in [1.29, 1.82) is 0 Å². The first-order valence-corrected chi connectivity index (χ1v) is 5.06. The Morgan fingerprint density at radius 2 is 1.77 bits per heavy atom. The number of pyridine rings is 1. The van der Waals surface area contributed by atoms with E-state index in [2.05, 4.69) is 20.9 Å². The highest BCUT2D eigenvalue weighted by Crippen LogP contribution is 2.27. The molecule has 72 valence electrons. The molecule has 0 aliphatic heterocycles. The lowest BCUT2D eigenvalue weighted by Gasteiger charge is -2.10. The van der Waals surface area contributed by atoms with Gasteiger partial charge in [0.15, 0.2) is 0 Å². The molecule has 3 nitrogen and oxygen atoms in total. The topological polar surface area (TPSA) is 31.4 Å². The van der Waals surface area contributed by atoms with Crippen LogP contribution in [-0.4, -0.2) is 24.5 Å². The van der Waals surface area contributed by atoms with E-state index in [-0.39, 0.29) is 0 Å². The Balaban J connectivity index is 3.05. The van der Waals surface area contributed by atoms with Gasteiger partial charge in [-0.05, 0) is 6.42 Å². The lowest BCUT2D eigenvalue weighted by atomic mass is 10.2. The molecule has 1 aromatic rings. The van der Waals surface area contributed by atoms with E-state index in [0.717, 1.165) is 28.8 Å². The molecule has 1 rings (SSSR count). The molecule has 1 aromatic heterocycles. The van der Waals surface area contributed by atoms with Crippen molar-refractivity contribution in [3.05, 3.63) is 18.0 Å². The summed E-state index contributed by atoms with van der Waals surface area (Å²) in [6.45, 7) is 0. The van der Waals surface area contributed by atoms with Crippen molar-refractivity contribution < 1.29 is 9.47 Å². The summed E-state index contributed by atoms with van der Waals surface area (Å²) in [4.78, 5) is 4.00. The molecule has 0 spiro atoms. The van der Waals surface area contributed by atoms with Crippen molar-refractivity contribution in [2.45, 2.75) is 6.42 Å². The molecule has 0 N–H and O–H groups in total. The zero-order valence-corrected chi connectivity index (χ0v) is 9.30. The van der Waals surface area contributed by atoms with E-state index in [1.165, 1.54) is 0 Å². The van der Waals surface area contributed by atoms with E-state index >= 15 is 0 Å². The van der Waals surface area contributed by atoms with Gasteiger partial charge in [-0.25, -0.2) is 0 Å². The van der Waals surface area contributed by atoms with Gasteiger partial charge in [-0.3, -0.25) is 4.98 Å². The molecule has 0 aliphatic carbocycles. The highest BCUT2D eigenvalue weighted by Gasteiger charge is 2.08. The fraction of sp³-hybridized carbons (Fsp3) is 0.444. The molecule has 1 heterocycles. The van der Waals surface area contributed by atoms with Crippen molar-refractivity contribution in [1.82, 2.24) is 4.98 Å². The van der Waals surface area contributed by atoms with E-state index in [1.807, 2.05) is 0 Å². The van der Waals surface area contributed by atoms with E-state index in [0.29, 0.717) is 0 Å². The molecular weight excluding hydrogens is 234 g/mol. The highest BCUT2D eigenvalue weighted by atomic mass is 79.9. The average Bonchev–Trinajstić information content (AvgIpc) is 2.18. The third-order valence-electron chi connectivity index (χ3n) is 1.76. The van der Waals surface area contributed by atoms with Gasteiger partial charge in [-0.2, -0.15) is 0 Å². The Hall–Kier alpha value is -0.770. The third kappa shape index (κ3) is 2.34. The maximum absolute atomic E-state index is 5.18. The van der Waals surface area contributed by atoms with Crippen LogP contribution in [0.25, 0.3) is 0 Å². The van der Waals surface area contributed by atoms with Crippen molar-refractivity contribution in [2.75, 3.05) is 19.5 Å². The molecule has 0 atom stereocenters. The van der Waals surface area contributed by atoms with Crippen LogP contribution in [0.5, 0.6) is 11.5 Å². The number of hydrogen-bond donors (Lipinski definition) is 0. The molecule has 0 radical (unpaired) electrons. The van der Waals surface area contributed by atoms with Crippen molar-refractivity contribution in [3.8, 4) is 11.5 Å². The average molecular weight is 246 g/mol. The van der Waals surface area contributed by atoms with Gasteiger partial charge in [-0.1, -0.05) is 15.9 Å². The molecule has 0 aliphatic rings. The van der Waals surface area contributed by atoms with E-state index < -0.39 is 0 Å². The van der Waals surface area contributed by atoms with Crippen molar-refractivity contribution >= 4 is 15.9 Å². The lowest BCUT2D eigenvalue weighted by Crippen LogP contribution is -1.98. The van der Waals surface area contributed by atoms with Gasteiger partial charge < -0.3 is 9.47 Å². The number of hydrogen-bond acceptors (Lipinski definition) is 3. The summed E-state index contributed by atoms with van der Waals surface area (Å²) < 4.78 is 10.4. The molecule has 0 amide bonds. The Bertz CT molecular complexity index is 256. The second-order valence-electron chi connectivity index (χ2n) is 2.46. The predicted molar refractivity (Wildman–Crippen MR) is 54.8 cm³/mol. The van der Waals surface area contributed by atoms with Crippen LogP contribution in [0.3, 0.4) is 0 Å². The molecule has 0 saturated heterocycles. The highest BCUT2D eigenvalue weighted by molar-refractivity contribution is 9.09. The number of alkyl halides is 1. The summed E-state index contributed by atoms with van der Waals surface area (Å²) in [5.41, 5.74) is 1.05. The quantitative estimate of drug-likeness (QED) is 0.762. The van der Waals surface area contributed by atoms with Gasteiger partial charge in [0.05, 0.1) is 26.6 Å². The molecular formula is C9H12BrNO2. The number of rotatable bonds is 4. The van der Waals surface area contributed by atoms with Crippen molar-refractivity contribution in [3.63, 3.8) is 0 Å². The second kappa shape index (κ2) is 5.07. The first kappa shape index (κ1) is 10.3. The maximum Gasteiger partial charge on any atom is 0.144 e. The summed E-state index contributed by atoms with van der Waals surface area (Å²) in [5, 5.41) is 0.879. The first-order chi connectivity index (χ1) is 6.33. The number of aromatic nitrogens is 1. The molecule has 4 heteroatoms. The Labute approximate surface area is 86.2 Å². The monoisotopic (exact) mass is 245 g/mol. The normalized spacial score (nSPS) is 9.77. The smallest absolute Gasteiger partial charge is 0.144 e. The van der Waals surface area contributed by atoms with Crippen molar-refractivity contribution in [2.24, 2.45) is 0 Å². The number of ether oxygens (including phenoxy) is 2. The van der Waals surface area contributed by atoms with Crippen LogP contribution < -0.4 is 9.47 Å². The molecule has 0 bridgehead atoms. The summed E-state index contributed by atoms with van der Waals surface area (Å²) >= 11 is 3.38. The summed E-state index contributed by atoms with van der Waals surface area (Å²) in [6.07, 6.45) is 4.26. The molecule has 13 heavy (non-hydrogen) atoms. The number of nitrogens with zero attached hydrogens (tertiary/aromatic N) is 1. The minimum atomic E-state index is 0.777. The largest absolute Gasteiger partial charge is 0.495 e. The van der Waals surface area contributed by atoms with E-state index in [1.54, 1.807) is 26.6 Å². The van der Waals surface area contributed by atoms with Crippen LogP contribution >= 0.6 is 15.9 Å². The van der Waals surface area contributed by atoms with E-state index in [4.69, 9.17) is 9.47 Å². The maximum atomic E-state index is 5.18. The molecule has 0 saturated carbocycles. The molecule has 0 unspecified atom stereocenters. The number of halogens is 1. The SMILES string of the molecule is COc1cncc(OC)c1CCBr. The first-order valence-electron chi connectivity index (χ1n) is 3.94. The van der Waals surface area contributed by atoms with Gasteiger partial charge in [0, 0.05) is 10.9 Å². The molecule has 0 aromatic carbocycles. The van der Waals surface area contributed by atoms with Gasteiger partial charge in [0.2, 0.25) is 0 Å². The van der Waals surface area contributed by atoms with Gasteiger partial charge in [0.1, 0.15) is 11.5 Å². The number of methoxy groups -OCH3 is 2. The Morgan fingerprint density at radius 3 is 2.15 bits per heavy atom. The molecule has 0 fully saturated rings. The predicted octanol–water partition coefficient (Wildman–Crippen LogP) is 2.04. The van der Waals surface area contributed by atoms with Gasteiger partial charge >= 0.3 is 0 Å².